The van der Waals surface area contributed by atoms with Crippen LogP contribution in [-0.4, -0.2) is 10.9 Å². The van der Waals surface area contributed by atoms with E-state index < -0.39 is 0 Å². The SMILES string of the molecule is Cl.N=C(N)SCC1CCCCC1. The maximum Gasteiger partial charge on any atom is 0.151 e. The summed E-state index contributed by atoms with van der Waals surface area (Å²) in [5, 5.41) is 7.33. The molecule has 0 radical (unpaired) electrons. The Kier molecular flexibility index (Phi) is 6.67. The Bertz CT molecular complexity index is 135. The van der Waals surface area contributed by atoms with Crippen LogP contribution in [0.25, 0.3) is 0 Å². The Morgan fingerprint density at radius 1 is 1.33 bits per heavy atom. The summed E-state index contributed by atoms with van der Waals surface area (Å²) in [4.78, 5) is 0. The molecule has 1 aliphatic rings. The van der Waals surface area contributed by atoms with Gasteiger partial charge in [0, 0.05) is 5.75 Å². The Morgan fingerprint density at radius 3 is 2.42 bits per heavy atom. The number of thioether (sulfide) groups is 1. The summed E-state index contributed by atoms with van der Waals surface area (Å²) in [6, 6.07) is 0. The molecular formula is C8H17ClN2S. The van der Waals surface area contributed by atoms with Crippen LogP contribution in [0, 0.1) is 11.3 Å². The molecule has 0 aliphatic heterocycles. The van der Waals surface area contributed by atoms with Gasteiger partial charge in [-0.2, -0.15) is 0 Å². The lowest BCUT2D eigenvalue weighted by atomic mass is 9.91. The zero-order valence-electron chi connectivity index (χ0n) is 7.21. The lowest BCUT2D eigenvalue weighted by Gasteiger charge is -2.20. The van der Waals surface area contributed by atoms with Crippen LogP contribution in [0.5, 0.6) is 0 Å². The first-order valence-corrected chi connectivity index (χ1v) is 5.24. The van der Waals surface area contributed by atoms with Crippen LogP contribution in [0.2, 0.25) is 0 Å². The van der Waals surface area contributed by atoms with Crippen molar-refractivity contribution in [3.05, 3.63) is 0 Å². The molecule has 0 aromatic carbocycles. The molecule has 0 aromatic heterocycles. The molecule has 72 valence electrons. The van der Waals surface area contributed by atoms with Crippen molar-refractivity contribution < 1.29 is 0 Å². The van der Waals surface area contributed by atoms with Crippen LogP contribution in [-0.2, 0) is 0 Å². The number of halogens is 1. The average Bonchev–Trinajstić information content (AvgIpc) is 2.03. The highest BCUT2D eigenvalue weighted by molar-refractivity contribution is 8.13. The normalized spacial score (nSPS) is 18.3. The first kappa shape index (κ1) is 12.1. The second-order valence-corrected chi connectivity index (χ2v) is 4.24. The van der Waals surface area contributed by atoms with Crippen molar-refractivity contribution in [3.8, 4) is 0 Å². The molecule has 0 atom stereocenters. The third kappa shape index (κ3) is 4.88. The van der Waals surface area contributed by atoms with Gasteiger partial charge in [-0.1, -0.05) is 31.0 Å². The highest BCUT2D eigenvalue weighted by Crippen LogP contribution is 2.26. The van der Waals surface area contributed by atoms with Crippen LogP contribution < -0.4 is 5.73 Å². The van der Waals surface area contributed by atoms with Crippen LogP contribution in [0.1, 0.15) is 32.1 Å². The maximum absolute atomic E-state index is 7.05. The summed E-state index contributed by atoms with van der Waals surface area (Å²) in [6.07, 6.45) is 6.86. The molecule has 1 saturated carbocycles. The molecule has 0 aromatic rings. The number of nitrogens with two attached hydrogens (primary N) is 1. The van der Waals surface area contributed by atoms with Crippen molar-refractivity contribution in [1.29, 1.82) is 5.41 Å². The van der Waals surface area contributed by atoms with E-state index in [2.05, 4.69) is 0 Å². The van der Waals surface area contributed by atoms with Gasteiger partial charge in [-0.3, -0.25) is 5.41 Å². The van der Waals surface area contributed by atoms with Gasteiger partial charge in [-0.25, -0.2) is 0 Å². The van der Waals surface area contributed by atoms with E-state index >= 15 is 0 Å². The molecule has 1 fully saturated rings. The van der Waals surface area contributed by atoms with Crippen molar-refractivity contribution in [1.82, 2.24) is 0 Å². The van der Waals surface area contributed by atoms with Crippen molar-refractivity contribution in [3.63, 3.8) is 0 Å². The van der Waals surface area contributed by atoms with Crippen LogP contribution in [0.15, 0.2) is 0 Å². The van der Waals surface area contributed by atoms with E-state index in [1.165, 1.54) is 43.9 Å². The molecule has 12 heavy (non-hydrogen) atoms. The maximum atomic E-state index is 7.05. The highest BCUT2D eigenvalue weighted by Gasteiger charge is 2.13. The third-order valence-electron chi connectivity index (χ3n) is 2.20. The van der Waals surface area contributed by atoms with Crippen LogP contribution >= 0.6 is 24.2 Å². The van der Waals surface area contributed by atoms with Gasteiger partial charge < -0.3 is 5.73 Å². The summed E-state index contributed by atoms with van der Waals surface area (Å²) >= 11 is 1.50. The van der Waals surface area contributed by atoms with E-state index in [-0.39, 0.29) is 17.6 Å². The van der Waals surface area contributed by atoms with Gasteiger partial charge in [0.1, 0.15) is 0 Å². The van der Waals surface area contributed by atoms with Crippen molar-refractivity contribution >= 4 is 29.3 Å². The Hall–Kier alpha value is 0.110. The second kappa shape index (κ2) is 6.61. The quantitative estimate of drug-likeness (QED) is 0.542. The smallest absolute Gasteiger partial charge is 0.151 e. The monoisotopic (exact) mass is 208 g/mol. The topological polar surface area (TPSA) is 49.9 Å². The van der Waals surface area contributed by atoms with Crippen LogP contribution in [0.4, 0.5) is 0 Å². The molecule has 0 saturated heterocycles. The molecule has 4 heteroatoms. The largest absolute Gasteiger partial charge is 0.379 e. The standard InChI is InChI=1S/C8H16N2S.ClH/c9-8(10)11-6-7-4-2-1-3-5-7;/h7H,1-6H2,(H3,9,10);1H. The van der Waals surface area contributed by atoms with Gasteiger partial charge in [0.2, 0.25) is 0 Å². The van der Waals surface area contributed by atoms with E-state index in [1.54, 1.807) is 0 Å². The number of amidine groups is 1. The van der Waals surface area contributed by atoms with Crippen molar-refractivity contribution in [2.24, 2.45) is 11.7 Å². The van der Waals surface area contributed by atoms with E-state index in [0.29, 0.717) is 0 Å². The summed E-state index contributed by atoms with van der Waals surface area (Å²) in [5.41, 5.74) is 5.26. The van der Waals surface area contributed by atoms with E-state index in [4.69, 9.17) is 11.1 Å². The Balaban J connectivity index is 0.00000121. The average molecular weight is 209 g/mol. The highest BCUT2D eigenvalue weighted by atomic mass is 35.5. The minimum absolute atomic E-state index is 0. The Labute approximate surface area is 84.6 Å². The first-order valence-electron chi connectivity index (χ1n) is 4.26. The molecule has 2 nitrogen and oxygen atoms in total. The van der Waals surface area contributed by atoms with Gasteiger partial charge in [-0.15, -0.1) is 12.4 Å². The van der Waals surface area contributed by atoms with E-state index in [9.17, 15) is 0 Å². The van der Waals surface area contributed by atoms with Gasteiger partial charge >= 0.3 is 0 Å². The van der Waals surface area contributed by atoms with E-state index in [1.807, 2.05) is 0 Å². The summed E-state index contributed by atoms with van der Waals surface area (Å²) in [7, 11) is 0. The summed E-state index contributed by atoms with van der Waals surface area (Å²) in [5.74, 6) is 1.90. The first-order chi connectivity index (χ1) is 5.29. The molecular weight excluding hydrogens is 192 g/mol. The molecule has 0 amide bonds. The fourth-order valence-electron chi connectivity index (χ4n) is 1.56. The molecule has 0 heterocycles. The minimum Gasteiger partial charge on any atom is -0.379 e. The minimum atomic E-state index is 0. The molecule has 3 N–H and O–H groups in total. The third-order valence-corrected chi connectivity index (χ3v) is 3.15. The lowest BCUT2D eigenvalue weighted by Crippen LogP contribution is -2.12. The fourth-order valence-corrected chi connectivity index (χ4v) is 2.31. The zero-order valence-corrected chi connectivity index (χ0v) is 8.85. The van der Waals surface area contributed by atoms with Gasteiger partial charge in [0.15, 0.2) is 5.17 Å². The Morgan fingerprint density at radius 2 is 1.92 bits per heavy atom. The molecule has 1 aliphatic carbocycles. The van der Waals surface area contributed by atoms with Crippen LogP contribution in [0.3, 0.4) is 0 Å². The molecule has 0 spiro atoms. The summed E-state index contributed by atoms with van der Waals surface area (Å²) < 4.78 is 0. The molecule has 1 rings (SSSR count). The van der Waals surface area contributed by atoms with Gasteiger partial charge in [0.05, 0.1) is 0 Å². The van der Waals surface area contributed by atoms with Gasteiger partial charge in [-0.05, 0) is 18.8 Å². The van der Waals surface area contributed by atoms with Gasteiger partial charge in [0.25, 0.3) is 0 Å². The summed E-state index contributed by atoms with van der Waals surface area (Å²) in [6.45, 7) is 0. The predicted molar refractivity (Wildman–Crippen MR) is 58.2 cm³/mol. The number of hydrogen-bond acceptors (Lipinski definition) is 2. The van der Waals surface area contributed by atoms with E-state index in [0.717, 1.165) is 11.7 Å². The second-order valence-electron chi connectivity index (χ2n) is 3.18. The number of hydrogen-bond donors (Lipinski definition) is 2. The lowest BCUT2D eigenvalue weighted by molar-refractivity contribution is 0.391. The fraction of sp³-hybridized carbons (Fsp3) is 0.875. The zero-order chi connectivity index (χ0) is 8.10. The molecule has 0 unspecified atom stereocenters. The van der Waals surface area contributed by atoms with Crippen molar-refractivity contribution in [2.75, 3.05) is 5.75 Å². The predicted octanol–water partition coefficient (Wildman–Crippen LogP) is 2.62. The van der Waals surface area contributed by atoms with Crippen molar-refractivity contribution in [2.45, 2.75) is 32.1 Å². The molecule has 0 bridgehead atoms. The number of rotatable bonds is 2. The number of nitrogens with one attached hydrogen (secondary N) is 1.